The first kappa shape index (κ1) is 13.0. The Kier molecular flexibility index (Phi) is 7.93. The number of methoxy groups -OCH3 is 1. The summed E-state index contributed by atoms with van der Waals surface area (Å²) in [5, 5.41) is 3.02. The number of ether oxygens (including phenoxy) is 1. The predicted molar refractivity (Wildman–Crippen MR) is 56.9 cm³/mol. The van der Waals surface area contributed by atoms with Gasteiger partial charge in [0, 0.05) is 18.8 Å². The van der Waals surface area contributed by atoms with Gasteiger partial charge in [0.25, 0.3) is 0 Å². The first-order valence-electron chi connectivity index (χ1n) is 4.79. The Morgan fingerprint density at radius 2 is 2.14 bits per heavy atom. The molecule has 0 saturated carbocycles. The zero-order valence-electron chi connectivity index (χ0n) is 9.25. The molecule has 0 aliphatic heterocycles. The van der Waals surface area contributed by atoms with E-state index in [9.17, 15) is 4.79 Å². The summed E-state index contributed by atoms with van der Waals surface area (Å²) in [6.07, 6.45) is 5.27. The maximum atomic E-state index is 10.6. The average molecular weight is 200 g/mol. The summed E-state index contributed by atoms with van der Waals surface area (Å²) >= 11 is 0. The normalized spacial score (nSPS) is 10.9. The second-order valence-electron chi connectivity index (χ2n) is 3.32. The van der Waals surface area contributed by atoms with E-state index in [0.29, 0.717) is 0 Å². The number of carbonyl (C=O) groups excluding carboxylic acids is 1. The van der Waals surface area contributed by atoms with Crippen molar-refractivity contribution >= 4 is 5.97 Å². The van der Waals surface area contributed by atoms with Crippen LogP contribution in [0.2, 0.25) is 0 Å². The number of unbranched alkanes of at least 4 members (excludes halogenated alkanes) is 1. The van der Waals surface area contributed by atoms with Crippen LogP contribution < -0.4 is 5.32 Å². The topological polar surface area (TPSA) is 41.6 Å². The van der Waals surface area contributed by atoms with Crippen LogP contribution >= 0.6 is 0 Å². The van der Waals surface area contributed by atoms with Crippen molar-refractivity contribution in [1.82, 2.24) is 10.2 Å². The van der Waals surface area contributed by atoms with Gasteiger partial charge in [-0.1, -0.05) is 0 Å². The summed E-state index contributed by atoms with van der Waals surface area (Å²) in [6.45, 7) is 1.99. The molecule has 0 radical (unpaired) electrons. The van der Waals surface area contributed by atoms with Crippen LogP contribution in [0.1, 0.15) is 12.8 Å². The molecule has 0 aliphatic rings. The largest absolute Gasteiger partial charge is 0.466 e. The first-order chi connectivity index (χ1) is 6.66. The fourth-order valence-electron chi connectivity index (χ4n) is 0.933. The van der Waals surface area contributed by atoms with Crippen molar-refractivity contribution < 1.29 is 9.53 Å². The summed E-state index contributed by atoms with van der Waals surface area (Å²) in [5.74, 6) is -0.328. The highest BCUT2D eigenvalue weighted by molar-refractivity contribution is 5.81. The molecule has 1 N–H and O–H groups in total. The van der Waals surface area contributed by atoms with Gasteiger partial charge >= 0.3 is 5.97 Å². The van der Waals surface area contributed by atoms with Crippen LogP contribution in [-0.2, 0) is 9.53 Å². The Morgan fingerprint density at radius 3 is 2.71 bits per heavy atom. The maximum absolute atomic E-state index is 10.6. The SMILES string of the molecule is COC(=O)/C=C/NCCCCN(C)C. The molecular weight excluding hydrogens is 180 g/mol. The van der Waals surface area contributed by atoms with Crippen molar-refractivity contribution in [2.24, 2.45) is 0 Å². The van der Waals surface area contributed by atoms with Gasteiger partial charge in [0.15, 0.2) is 0 Å². The van der Waals surface area contributed by atoms with E-state index in [-0.39, 0.29) is 5.97 Å². The van der Waals surface area contributed by atoms with Gasteiger partial charge in [0.2, 0.25) is 0 Å². The number of nitrogens with one attached hydrogen (secondary N) is 1. The Labute approximate surface area is 85.9 Å². The van der Waals surface area contributed by atoms with Crippen LogP contribution in [0.25, 0.3) is 0 Å². The van der Waals surface area contributed by atoms with Crippen LogP contribution in [-0.4, -0.2) is 45.2 Å². The Hall–Kier alpha value is -1.03. The highest BCUT2D eigenvalue weighted by Crippen LogP contribution is 1.88. The Balaban J connectivity index is 3.21. The summed E-state index contributed by atoms with van der Waals surface area (Å²) < 4.78 is 4.44. The van der Waals surface area contributed by atoms with Crippen molar-refractivity contribution in [3.8, 4) is 0 Å². The molecule has 0 unspecified atom stereocenters. The average Bonchev–Trinajstić information content (AvgIpc) is 2.15. The van der Waals surface area contributed by atoms with Crippen LogP contribution in [0.15, 0.2) is 12.3 Å². The van der Waals surface area contributed by atoms with Gasteiger partial charge in [-0.25, -0.2) is 4.79 Å². The van der Waals surface area contributed by atoms with E-state index >= 15 is 0 Å². The molecule has 0 spiro atoms. The number of esters is 1. The van der Waals surface area contributed by atoms with Gasteiger partial charge in [-0.05, 0) is 33.5 Å². The van der Waals surface area contributed by atoms with E-state index in [4.69, 9.17) is 0 Å². The molecule has 82 valence electrons. The Bertz CT molecular complexity index is 179. The minimum Gasteiger partial charge on any atom is -0.466 e. The van der Waals surface area contributed by atoms with Gasteiger partial charge in [0.1, 0.15) is 0 Å². The van der Waals surface area contributed by atoms with Gasteiger partial charge in [-0.2, -0.15) is 0 Å². The van der Waals surface area contributed by atoms with Gasteiger partial charge < -0.3 is 15.0 Å². The van der Waals surface area contributed by atoms with E-state index in [1.54, 1.807) is 6.20 Å². The second kappa shape index (κ2) is 8.56. The quantitative estimate of drug-likeness (QED) is 0.371. The van der Waals surface area contributed by atoms with Crippen LogP contribution in [0.5, 0.6) is 0 Å². The fourth-order valence-corrected chi connectivity index (χ4v) is 0.933. The van der Waals surface area contributed by atoms with Gasteiger partial charge in [-0.15, -0.1) is 0 Å². The number of carbonyl (C=O) groups is 1. The van der Waals surface area contributed by atoms with Crippen molar-refractivity contribution in [2.75, 3.05) is 34.3 Å². The third kappa shape index (κ3) is 9.06. The zero-order chi connectivity index (χ0) is 10.8. The standard InChI is InChI=1S/C10H20N2O2/c1-12(2)9-5-4-7-11-8-6-10(13)14-3/h6,8,11H,4-5,7,9H2,1-3H3/b8-6+. The zero-order valence-corrected chi connectivity index (χ0v) is 9.25. The van der Waals surface area contributed by atoms with Crippen LogP contribution in [0.3, 0.4) is 0 Å². The third-order valence-corrected chi connectivity index (χ3v) is 1.71. The molecule has 0 atom stereocenters. The van der Waals surface area contributed by atoms with Crippen LogP contribution in [0, 0.1) is 0 Å². The minimum atomic E-state index is -0.328. The molecule has 14 heavy (non-hydrogen) atoms. The number of rotatable bonds is 7. The molecule has 0 aromatic rings. The molecule has 4 nitrogen and oxygen atoms in total. The Morgan fingerprint density at radius 1 is 1.43 bits per heavy atom. The second-order valence-corrected chi connectivity index (χ2v) is 3.32. The fraction of sp³-hybridized carbons (Fsp3) is 0.700. The lowest BCUT2D eigenvalue weighted by Gasteiger charge is -2.08. The molecule has 0 bridgehead atoms. The minimum absolute atomic E-state index is 0.328. The maximum Gasteiger partial charge on any atom is 0.331 e. The molecule has 0 fully saturated rings. The molecule has 0 heterocycles. The molecule has 0 saturated heterocycles. The lowest BCUT2D eigenvalue weighted by molar-refractivity contribution is -0.134. The van der Waals surface area contributed by atoms with Crippen molar-refractivity contribution in [3.05, 3.63) is 12.3 Å². The van der Waals surface area contributed by atoms with Crippen molar-refractivity contribution in [3.63, 3.8) is 0 Å². The summed E-state index contributed by atoms with van der Waals surface area (Å²) in [4.78, 5) is 12.8. The lowest BCUT2D eigenvalue weighted by atomic mass is 10.3. The molecular formula is C10H20N2O2. The lowest BCUT2D eigenvalue weighted by Crippen LogP contribution is -2.15. The molecule has 0 rings (SSSR count). The van der Waals surface area contributed by atoms with E-state index in [1.165, 1.54) is 13.2 Å². The first-order valence-corrected chi connectivity index (χ1v) is 4.79. The van der Waals surface area contributed by atoms with E-state index in [2.05, 4.69) is 29.0 Å². The molecule has 0 amide bonds. The molecule has 0 aromatic heterocycles. The third-order valence-electron chi connectivity index (χ3n) is 1.71. The predicted octanol–water partition coefficient (Wildman–Crippen LogP) is 0.604. The van der Waals surface area contributed by atoms with Crippen LogP contribution in [0.4, 0.5) is 0 Å². The number of hydrogen-bond acceptors (Lipinski definition) is 4. The van der Waals surface area contributed by atoms with Gasteiger partial charge in [-0.3, -0.25) is 0 Å². The highest BCUT2D eigenvalue weighted by atomic mass is 16.5. The number of hydrogen-bond donors (Lipinski definition) is 1. The van der Waals surface area contributed by atoms with E-state index < -0.39 is 0 Å². The number of nitrogens with zero attached hydrogens (tertiary/aromatic N) is 1. The van der Waals surface area contributed by atoms with Crippen molar-refractivity contribution in [1.29, 1.82) is 0 Å². The molecule has 0 aliphatic carbocycles. The van der Waals surface area contributed by atoms with E-state index in [1.807, 2.05) is 0 Å². The summed E-state index contributed by atoms with van der Waals surface area (Å²) in [6, 6.07) is 0. The van der Waals surface area contributed by atoms with Crippen molar-refractivity contribution in [2.45, 2.75) is 12.8 Å². The molecule has 0 aromatic carbocycles. The summed E-state index contributed by atoms with van der Waals surface area (Å²) in [7, 11) is 5.49. The molecule has 4 heteroatoms. The smallest absolute Gasteiger partial charge is 0.331 e. The van der Waals surface area contributed by atoms with E-state index in [0.717, 1.165) is 25.9 Å². The monoisotopic (exact) mass is 200 g/mol. The highest BCUT2D eigenvalue weighted by Gasteiger charge is 1.91. The van der Waals surface area contributed by atoms with Gasteiger partial charge in [0.05, 0.1) is 7.11 Å². The summed E-state index contributed by atoms with van der Waals surface area (Å²) in [5.41, 5.74) is 0.